The van der Waals surface area contributed by atoms with Gasteiger partial charge in [-0.05, 0) is 42.9 Å². The van der Waals surface area contributed by atoms with Gasteiger partial charge in [-0.15, -0.1) is 0 Å². The van der Waals surface area contributed by atoms with E-state index >= 15 is 0 Å². The first-order chi connectivity index (χ1) is 9.61. The van der Waals surface area contributed by atoms with Gasteiger partial charge in [-0.3, -0.25) is 0 Å². The van der Waals surface area contributed by atoms with Gasteiger partial charge in [0.2, 0.25) is 0 Å². The Labute approximate surface area is 120 Å². The Morgan fingerprint density at radius 1 is 1.15 bits per heavy atom. The summed E-state index contributed by atoms with van der Waals surface area (Å²) in [7, 11) is 0. The summed E-state index contributed by atoms with van der Waals surface area (Å²) in [5, 5.41) is 15.7. The fourth-order valence-corrected chi connectivity index (χ4v) is 3.37. The maximum absolute atomic E-state index is 11.3. The highest BCUT2D eigenvalue weighted by atomic mass is 16.3. The van der Waals surface area contributed by atoms with Gasteiger partial charge in [0.1, 0.15) is 5.60 Å². The first-order valence-corrected chi connectivity index (χ1v) is 7.43. The van der Waals surface area contributed by atoms with Crippen LogP contribution >= 0.6 is 0 Å². The summed E-state index contributed by atoms with van der Waals surface area (Å²) in [4.78, 5) is 0. The van der Waals surface area contributed by atoms with Crippen LogP contribution in [0, 0.1) is 11.8 Å². The summed E-state index contributed by atoms with van der Waals surface area (Å²) >= 11 is 0. The zero-order chi connectivity index (χ0) is 14.2. The Bertz CT molecular complexity index is 578. The van der Waals surface area contributed by atoms with Crippen LogP contribution in [0.3, 0.4) is 0 Å². The van der Waals surface area contributed by atoms with Crippen LogP contribution in [0.1, 0.15) is 38.8 Å². The molecule has 106 valence electrons. The van der Waals surface area contributed by atoms with Crippen LogP contribution in [0.4, 0.5) is 0 Å². The minimum absolute atomic E-state index is 0.262. The van der Waals surface area contributed by atoms with Crippen molar-refractivity contribution in [1.29, 1.82) is 0 Å². The zero-order valence-corrected chi connectivity index (χ0v) is 12.2. The highest BCUT2D eigenvalue weighted by Crippen LogP contribution is 2.44. The Hall–Kier alpha value is -1.61. The van der Waals surface area contributed by atoms with E-state index in [0.717, 1.165) is 24.2 Å². The molecule has 3 heteroatoms. The Kier molecular flexibility index (Phi) is 3.38. The second-order valence-electron chi connectivity index (χ2n) is 6.18. The van der Waals surface area contributed by atoms with Crippen LogP contribution in [0.15, 0.2) is 42.6 Å². The first kappa shape index (κ1) is 13.4. The van der Waals surface area contributed by atoms with E-state index in [4.69, 9.17) is 0 Å². The van der Waals surface area contributed by atoms with Gasteiger partial charge in [0.05, 0.1) is 11.4 Å². The smallest absolute Gasteiger partial charge is 0.109 e. The highest BCUT2D eigenvalue weighted by molar-refractivity contribution is 5.34. The van der Waals surface area contributed by atoms with Gasteiger partial charge in [0, 0.05) is 6.20 Å². The number of aromatic nitrogens is 2. The first-order valence-electron chi connectivity index (χ1n) is 7.43. The molecule has 1 fully saturated rings. The van der Waals surface area contributed by atoms with Crippen molar-refractivity contribution in [3.8, 4) is 5.69 Å². The van der Waals surface area contributed by atoms with Crippen molar-refractivity contribution >= 4 is 0 Å². The van der Waals surface area contributed by atoms with Gasteiger partial charge in [-0.2, -0.15) is 5.10 Å². The topological polar surface area (TPSA) is 38.1 Å². The number of rotatable bonds is 2. The van der Waals surface area contributed by atoms with Crippen LogP contribution < -0.4 is 0 Å². The standard InChI is InChI=1S/C17H22N2O/c1-13-8-9-14(2)17(20,12-13)16-10-11-18-19(16)15-6-4-3-5-7-15/h3-7,10-11,13-14,20H,8-9,12H2,1-2H3. The monoisotopic (exact) mass is 270 g/mol. The van der Waals surface area contributed by atoms with Crippen LogP contribution in [0.2, 0.25) is 0 Å². The number of hydrogen-bond donors (Lipinski definition) is 1. The molecule has 20 heavy (non-hydrogen) atoms. The van der Waals surface area contributed by atoms with Crippen molar-refractivity contribution in [2.75, 3.05) is 0 Å². The van der Waals surface area contributed by atoms with Crippen molar-refractivity contribution in [3.05, 3.63) is 48.3 Å². The van der Waals surface area contributed by atoms with E-state index in [0.29, 0.717) is 5.92 Å². The molecule has 0 radical (unpaired) electrons. The highest BCUT2D eigenvalue weighted by Gasteiger charge is 2.42. The molecular weight excluding hydrogens is 248 g/mol. The predicted molar refractivity (Wildman–Crippen MR) is 79.6 cm³/mol. The number of nitrogens with zero attached hydrogens (tertiary/aromatic N) is 2. The van der Waals surface area contributed by atoms with Gasteiger partial charge >= 0.3 is 0 Å². The van der Waals surface area contributed by atoms with Crippen LogP contribution in [-0.4, -0.2) is 14.9 Å². The number of para-hydroxylation sites is 1. The van der Waals surface area contributed by atoms with Gasteiger partial charge in [0.25, 0.3) is 0 Å². The second-order valence-corrected chi connectivity index (χ2v) is 6.18. The molecule has 1 N–H and O–H groups in total. The molecule has 0 aliphatic heterocycles. The molecule has 1 aromatic carbocycles. The van der Waals surface area contributed by atoms with E-state index in [9.17, 15) is 5.11 Å². The zero-order valence-electron chi connectivity index (χ0n) is 12.2. The minimum atomic E-state index is -0.774. The van der Waals surface area contributed by atoms with Crippen molar-refractivity contribution < 1.29 is 5.11 Å². The maximum atomic E-state index is 11.3. The average molecular weight is 270 g/mol. The summed E-state index contributed by atoms with van der Waals surface area (Å²) in [5.41, 5.74) is 1.15. The third-order valence-electron chi connectivity index (χ3n) is 4.65. The lowest BCUT2D eigenvalue weighted by molar-refractivity contribution is -0.0678. The lowest BCUT2D eigenvalue weighted by Crippen LogP contribution is -2.40. The molecule has 3 atom stereocenters. The average Bonchev–Trinajstić information content (AvgIpc) is 2.94. The quantitative estimate of drug-likeness (QED) is 0.906. The fourth-order valence-electron chi connectivity index (χ4n) is 3.37. The molecular formula is C17H22N2O. The summed E-state index contributed by atoms with van der Waals surface area (Å²) in [5.74, 6) is 0.813. The third kappa shape index (κ3) is 2.16. The molecule has 0 spiro atoms. The van der Waals surface area contributed by atoms with E-state index in [-0.39, 0.29) is 5.92 Å². The predicted octanol–water partition coefficient (Wildman–Crippen LogP) is 3.52. The summed E-state index contributed by atoms with van der Waals surface area (Å²) in [6, 6.07) is 12.0. The molecule has 0 bridgehead atoms. The van der Waals surface area contributed by atoms with Gasteiger partial charge in [0.15, 0.2) is 0 Å². The Morgan fingerprint density at radius 2 is 1.90 bits per heavy atom. The van der Waals surface area contributed by atoms with E-state index in [1.165, 1.54) is 6.42 Å². The minimum Gasteiger partial charge on any atom is -0.383 e. The van der Waals surface area contributed by atoms with Gasteiger partial charge in [-0.1, -0.05) is 38.5 Å². The maximum Gasteiger partial charge on any atom is 0.109 e. The molecule has 1 aliphatic carbocycles. The summed E-state index contributed by atoms with van der Waals surface area (Å²) in [6.45, 7) is 4.37. The van der Waals surface area contributed by atoms with Crippen LogP contribution in [0.25, 0.3) is 5.69 Å². The van der Waals surface area contributed by atoms with Crippen molar-refractivity contribution in [2.24, 2.45) is 11.8 Å². The van der Waals surface area contributed by atoms with Crippen molar-refractivity contribution in [2.45, 2.75) is 38.7 Å². The molecule has 1 heterocycles. The fraction of sp³-hybridized carbons (Fsp3) is 0.471. The van der Waals surface area contributed by atoms with E-state index < -0.39 is 5.60 Å². The Morgan fingerprint density at radius 3 is 2.65 bits per heavy atom. The molecule has 2 aromatic rings. The van der Waals surface area contributed by atoms with Crippen molar-refractivity contribution in [3.63, 3.8) is 0 Å². The lowest BCUT2D eigenvalue weighted by atomic mass is 9.70. The molecule has 3 unspecified atom stereocenters. The van der Waals surface area contributed by atoms with Gasteiger partial charge < -0.3 is 5.11 Å². The third-order valence-corrected chi connectivity index (χ3v) is 4.65. The van der Waals surface area contributed by atoms with Crippen LogP contribution in [0.5, 0.6) is 0 Å². The number of aliphatic hydroxyl groups is 1. The largest absolute Gasteiger partial charge is 0.383 e. The lowest BCUT2D eigenvalue weighted by Gasteiger charge is -2.41. The second kappa shape index (κ2) is 5.06. The van der Waals surface area contributed by atoms with E-state index in [2.05, 4.69) is 18.9 Å². The number of hydrogen-bond acceptors (Lipinski definition) is 2. The molecule has 0 saturated heterocycles. The SMILES string of the molecule is CC1CCC(C)C(O)(c2ccnn2-c2ccccc2)C1. The molecule has 0 amide bonds. The molecule has 1 saturated carbocycles. The summed E-state index contributed by atoms with van der Waals surface area (Å²) in [6.07, 6.45) is 4.86. The van der Waals surface area contributed by atoms with Gasteiger partial charge in [-0.25, -0.2) is 4.68 Å². The summed E-state index contributed by atoms with van der Waals surface area (Å²) < 4.78 is 1.88. The molecule has 3 nitrogen and oxygen atoms in total. The number of benzene rings is 1. The molecule has 3 rings (SSSR count). The van der Waals surface area contributed by atoms with Crippen LogP contribution in [-0.2, 0) is 5.60 Å². The molecule has 1 aliphatic rings. The normalized spacial score (nSPS) is 30.4. The Balaban J connectivity index is 2.05. The van der Waals surface area contributed by atoms with E-state index in [1.807, 2.05) is 41.1 Å². The van der Waals surface area contributed by atoms with E-state index in [1.54, 1.807) is 6.20 Å². The molecule has 1 aromatic heterocycles. The van der Waals surface area contributed by atoms with Crippen molar-refractivity contribution in [1.82, 2.24) is 9.78 Å².